The number of pyridine rings is 1. The number of rotatable bonds is 7. The van der Waals surface area contributed by atoms with Gasteiger partial charge in [-0.25, -0.2) is 8.78 Å². The fourth-order valence-corrected chi connectivity index (χ4v) is 6.76. The average molecular weight is 656 g/mol. The largest absolute Gasteiger partial charge is 0.382 e. The van der Waals surface area contributed by atoms with Crippen molar-refractivity contribution < 1.29 is 28.2 Å². The minimum atomic E-state index is -2.06. The number of hydrogen-bond donors (Lipinski definition) is 1. The number of nitrogens with zero attached hydrogens (tertiary/aromatic N) is 2. The van der Waals surface area contributed by atoms with Crippen molar-refractivity contribution in [2.45, 2.75) is 49.7 Å². The van der Waals surface area contributed by atoms with E-state index in [-0.39, 0.29) is 55.7 Å². The lowest BCUT2D eigenvalue weighted by Crippen LogP contribution is -2.51. The summed E-state index contributed by atoms with van der Waals surface area (Å²) >= 11 is 15.7. The van der Waals surface area contributed by atoms with Gasteiger partial charge in [0.25, 0.3) is 5.91 Å². The third-order valence-corrected chi connectivity index (χ3v) is 9.17. The Balaban J connectivity index is 1.72. The maximum Gasteiger partial charge on any atom is 0.257 e. The number of aromatic nitrogens is 1. The minimum Gasteiger partial charge on any atom is -0.382 e. The van der Waals surface area contributed by atoms with E-state index in [9.17, 15) is 9.90 Å². The fourth-order valence-electron chi connectivity index (χ4n) is 5.87. The van der Waals surface area contributed by atoms with Gasteiger partial charge < -0.3 is 14.6 Å². The zero-order chi connectivity index (χ0) is 28.9. The highest BCUT2D eigenvalue weighted by molar-refractivity contribution is 9.10. The Morgan fingerprint density at radius 1 is 1.18 bits per heavy atom. The van der Waals surface area contributed by atoms with E-state index in [2.05, 4.69) is 20.9 Å². The van der Waals surface area contributed by atoms with Gasteiger partial charge in [0.05, 0.1) is 28.4 Å². The Bertz CT molecular complexity index is 1450. The predicted octanol–water partition coefficient (Wildman–Crippen LogP) is 6.91. The fraction of sp³-hybridized carbons (Fsp3) is 0.379. The molecule has 1 N–H and O–H groups in total. The number of hydrogen-bond acceptors (Lipinski definition) is 5. The molecule has 2 unspecified atom stereocenters. The number of halogens is 5. The average Bonchev–Trinajstić information content (AvgIpc) is 3.18. The van der Waals surface area contributed by atoms with E-state index in [4.69, 9.17) is 32.7 Å². The molecule has 212 valence electrons. The summed E-state index contributed by atoms with van der Waals surface area (Å²) in [5.74, 6) is -1.39. The van der Waals surface area contributed by atoms with Crippen LogP contribution in [-0.2, 0) is 27.3 Å². The van der Waals surface area contributed by atoms with Crippen LogP contribution >= 0.6 is 39.1 Å². The summed E-state index contributed by atoms with van der Waals surface area (Å²) in [7, 11) is 1.38. The number of aliphatic hydroxyl groups is 1. The molecule has 1 amide bonds. The molecule has 40 heavy (non-hydrogen) atoms. The summed E-state index contributed by atoms with van der Waals surface area (Å²) in [6.07, 6.45) is 1.30. The van der Waals surface area contributed by atoms with Crippen molar-refractivity contribution in [2.75, 3.05) is 20.3 Å². The molecule has 11 heteroatoms. The van der Waals surface area contributed by atoms with Crippen molar-refractivity contribution in [2.24, 2.45) is 0 Å². The molecule has 1 fully saturated rings. The van der Waals surface area contributed by atoms with E-state index in [1.807, 2.05) is 0 Å². The smallest absolute Gasteiger partial charge is 0.257 e. The number of benzene rings is 2. The lowest BCUT2D eigenvalue weighted by atomic mass is 9.72. The standard InChI is InChI=1S/C29H27BrCl2F2N2O4/c1-3-28(38,27(34)8-10-40-11-9-27)18-12-21-25(23(33)13-18)29(39-2,17-4-6-19(31)7-5-17)36(26(21)37)16-24-22(30)14-20(32)15-35-24/h4-7,12-15,38H,3,8-11,16H2,1-2H3. The van der Waals surface area contributed by atoms with Crippen LogP contribution in [0.4, 0.5) is 8.78 Å². The highest BCUT2D eigenvalue weighted by Crippen LogP contribution is 2.51. The number of carbonyl (C=O) groups is 1. The quantitative estimate of drug-likeness (QED) is 0.300. The summed E-state index contributed by atoms with van der Waals surface area (Å²) in [6, 6.07) is 10.7. The van der Waals surface area contributed by atoms with Crippen molar-refractivity contribution in [3.63, 3.8) is 0 Å². The second-order valence-corrected chi connectivity index (χ2v) is 11.7. The van der Waals surface area contributed by atoms with Gasteiger partial charge in [0.1, 0.15) is 17.1 Å². The van der Waals surface area contributed by atoms with Gasteiger partial charge in [-0.2, -0.15) is 0 Å². The van der Waals surface area contributed by atoms with Gasteiger partial charge in [-0.3, -0.25) is 14.7 Å². The third-order valence-electron chi connectivity index (χ3n) is 8.02. The maximum absolute atomic E-state index is 16.4. The van der Waals surface area contributed by atoms with Crippen molar-refractivity contribution in [3.8, 4) is 0 Å². The SMILES string of the molecule is CCC(O)(c1cc(F)c2c(c1)C(=O)N(Cc1ncc(Cl)cc1Br)C2(OC)c1ccc(Cl)cc1)C1(F)CCOCC1. The first-order valence-corrected chi connectivity index (χ1v) is 14.3. The second-order valence-electron chi connectivity index (χ2n) is 10.0. The van der Waals surface area contributed by atoms with Crippen LogP contribution in [0, 0.1) is 5.82 Å². The topological polar surface area (TPSA) is 71.9 Å². The summed E-state index contributed by atoms with van der Waals surface area (Å²) in [5.41, 5.74) is -5.02. The van der Waals surface area contributed by atoms with E-state index >= 15 is 8.78 Å². The van der Waals surface area contributed by atoms with Crippen molar-refractivity contribution in [1.82, 2.24) is 9.88 Å². The highest BCUT2D eigenvalue weighted by Gasteiger charge is 2.57. The van der Waals surface area contributed by atoms with Crippen LogP contribution in [-0.4, -0.2) is 46.9 Å². The first kappa shape index (κ1) is 29.4. The number of carbonyl (C=O) groups excluding carboxylic acids is 1. The van der Waals surface area contributed by atoms with Crippen LogP contribution in [0.5, 0.6) is 0 Å². The van der Waals surface area contributed by atoms with E-state index in [1.165, 1.54) is 24.3 Å². The molecular formula is C29H27BrCl2F2N2O4. The summed E-state index contributed by atoms with van der Waals surface area (Å²) in [4.78, 5) is 19.9. The van der Waals surface area contributed by atoms with Gasteiger partial charge in [-0.05, 0) is 58.2 Å². The Morgan fingerprint density at radius 3 is 2.45 bits per heavy atom. The van der Waals surface area contributed by atoms with Crippen molar-refractivity contribution in [3.05, 3.63) is 96.9 Å². The first-order chi connectivity index (χ1) is 19.0. The van der Waals surface area contributed by atoms with Crippen LogP contribution in [0.1, 0.15) is 58.9 Å². The van der Waals surface area contributed by atoms with Crippen molar-refractivity contribution >= 4 is 45.0 Å². The van der Waals surface area contributed by atoms with Crippen LogP contribution in [0.2, 0.25) is 10.0 Å². The molecule has 2 aromatic carbocycles. The number of methoxy groups -OCH3 is 1. The molecular weight excluding hydrogens is 629 g/mol. The molecule has 1 aromatic heterocycles. The lowest BCUT2D eigenvalue weighted by Gasteiger charge is -2.44. The molecule has 0 radical (unpaired) electrons. The molecule has 1 saturated heterocycles. The third kappa shape index (κ3) is 4.55. The van der Waals surface area contributed by atoms with Gasteiger partial charge in [0, 0.05) is 54.4 Å². The lowest BCUT2D eigenvalue weighted by molar-refractivity contribution is -0.155. The van der Waals surface area contributed by atoms with E-state index in [1.54, 1.807) is 37.3 Å². The number of amides is 1. The number of alkyl halides is 1. The Kier molecular flexibility index (Phi) is 8.02. The molecule has 2 atom stereocenters. The van der Waals surface area contributed by atoms with Gasteiger partial charge in [-0.1, -0.05) is 42.3 Å². The van der Waals surface area contributed by atoms with Gasteiger partial charge in [-0.15, -0.1) is 0 Å². The second kappa shape index (κ2) is 10.9. The Labute approximate surface area is 249 Å². The monoisotopic (exact) mass is 654 g/mol. The molecule has 6 nitrogen and oxygen atoms in total. The zero-order valence-electron chi connectivity index (χ0n) is 21.8. The van der Waals surface area contributed by atoms with Crippen LogP contribution < -0.4 is 0 Å². The number of ether oxygens (including phenoxy) is 2. The molecule has 0 spiro atoms. The molecule has 0 saturated carbocycles. The van der Waals surface area contributed by atoms with Crippen LogP contribution in [0.3, 0.4) is 0 Å². The maximum atomic E-state index is 16.4. The van der Waals surface area contributed by atoms with Crippen molar-refractivity contribution in [1.29, 1.82) is 0 Å². The predicted molar refractivity (Wildman–Crippen MR) is 151 cm³/mol. The van der Waals surface area contributed by atoms with Crippen LogP contribution in [0.25, 0.3) is 0 Å². The summed E-state index contributed by atoms with van der Waals surface area (Å²) in [5, 5.41) is 12.6. The van der Waals surface area contributed by atoms with E-state index < -0.39 is 28.7 Å². The highest BCUT2D eigenvalue weighted by atomic mass is 79.9. The normalized spacial score (nSPS) is 21.8. The Morgan fingerprint density at radius 2 is 1.85 bits per heavy atom. The molecule has 5 rings (SSSR count). The Hall–Kier alpha value is -2.14. The van der Waals surface area contributed by atoms with Gasteiger partial charge >= 0.3 is 0 Å². The first-order valence-electron chi connectivity index (χ1n) is 12.8. The minimum absolute atomic E-state index is 0.0160. The molecule has 3 aromatic rings. The molecule has 2 aliphatic heterocycles. The van der Waals surface area contributed by atoms with Crippen LogP contribution in [0.15, 0.2) is 53.1 Å². The zero-order valence-corrected chi connectivity index (χ0v) is 24.9. The molecule has 0 aliphatic carbocycles. The number of fused-ring (bicyclic) bond motifs is 1. The summed E-state index contributed by atoms with van der Waals surface area (Å²) < 4.78 is 44.5. The summed E-state index contributed by atoms with van der Waals surface area (Å²) in [6.45, 7) is 1.81. The molecule has 0 bridgehead atoms. The van der Waals surface area contributed by atoms with E-state index in [0.717, 1.165) is 6.07 Å². The molecule has 3 heterocycles. The van der Waals surface area contributed by atoms with Gasteiger partial charge in [0.15, 0.2) is 5.72 Å². The molecule has 2 aliphatic rings. The van der Waals surface area contributed by atoms with Gasteiger partial charge in [0.2, 0.25) is 0 Å². The van der Waals surface area contributed by atoms with E-state index in [0.29, 0.717) is 25.8 Å².